The fourth-order valence-electron chi connectivity index (χ4n) is 1.74. The third-order valence-corrected chi connectivity index (χ3v) is 4.11. The minimum Gasteiger partial charge on any atom is -0.478 e. The highest BCUT2D eigenvalue weighted by Gasteiger charge is 2.20. The molecule has 0 fully saturated rings. The van der Waals surface area contributed by atoms with Gasteiger partial charge in [-0.25, -0.2) is 4.79 Å². The van der Waals surface area contributed by atoms with Crippen LogP contribution in [0.3, 0.4) is 0 Å². The number of rotatable bonds is 4. The lowest BCUT2D eigenvalue weighted by Gasteiger charge is -2.07. The third-order valence-electron chi connectivity index (χ3n) is 3.08. The molecule has 18 heavy (non-hydrogen) atoms. The standard InChI is InChI=1S/C13H16N2O2S/c1-4-9(3)15-7-10(13(16)17)11(14-15)12-8(2)5-6-18-12/h5-7,9H,4H2,1-3H3,(H,16,17). The van der Waals surface area contributed by atoms with Crippen LogP contribution in [-0.2, 0) is 0 Å². The van der Waals surface area contributed by atoms with Gasteiger partial charge in [0.15, 0.2) is 0 Å². The van der Waals surface area contributed by atoms with Gasteiger partial charge in [-0.05, 0) is 37.3 Å². The van der Waals surface area contributed by atoms with Crippen molar-refractivity contribution in [1.29, 1.82) is 0 Å². The molecule has 0 aromatic carbocycles. The van der Waals surface area contributed by atoms with Crippen molar-refractivity contribution in [3.63, 3.8) is 0 Å². The van der Waals surface area contributed by atoms with Crippen LogP contribution in [-0.4, -0.2) is 20.9 Å². The fourth-order valence-corrected chi connectivity index (χ4v) is 2.67. The molecule has 5 heteroatoms. The first kappa shape index (κ1) is 12.8. The predicted molar refractivity (Wildman–Crippen MR) is 72.2 cm³/mol. The molecule has 1 atom stereocenters. The van der Waals surface area contributed by atoms with E-state index in [4.69, 9.17) is 0 Å². The molecule has 1 unspecified atom stereocenters. The molecule has 4 nitrogen and oxygen atoms in total. The summed E-state index contributed by atoms with van der Waals surface area (Å²) in [6.07, 6.45) is 2.55. The van der Waals surface area contributed by atoms with Crippen LogP contribution in [0.5, 0.6) is 0 Å². The first-order valence-corrected chi connectivity index (χ1v) is 6.79. The molecule has 2 heterocycles. The van der Waals surface area contributed by atoms with E-state index in [9.17, 15) is 9.90 Å². The summed E-state index contributed by atoms with van der Waals surface area (Å²) >= 11 is 1.53. The zero-order chi connectivity index (χ0) is 13.3. The van der Waals surface area contributed by atoms with Gasteiger partial charge in [0.2, 0.25) is 0 Å². The normalized spacial score (nSPS) is 12.6. The van der Waals surface area contributed by atoms with Gasteiger partial charge in [0.05, 0.1) is 4.88 Å². The summed E-state index contributed by atoms with van der Waals surface area (Å²) in [4.78, 5) is 12.2. The van der Waals surface area contributed by atoms with E-state index < -0.39 is 5.97 Å². The van der Waals surface area contributed by atoms with Crippen molar-refractivity contribution in [2.75, 3.05) is 0 Å². The molecule has 1 N–H and O–H groups in total. The molecule has 0 radical (unpaired) electrons. The average Bonchev–Trinajstić information content (AvgIpc) is 2.93. The summed E-state index contributed by atoms with van der Waals surface area (Å²) in [5.74, 6) is -0.924. The molecule has 0 saturated carbocycles. The van der Waals surface area contributed by atoms with E-state index in [0.29, 0.717) is 5.69 Å². The number of aryl methyl sites for hydroxylation is 1. The molecule has 2 aromatic heterocycles. The summed E-state index contributed by atoms with van der Waals surface area (Å²) in [5.41, 5.74) is 1.92. The monoisotopic (exact) mass is 264 g/mol. The van der Waals surface area contributed by atoms with E-state index in [1.54, 1.807) is 10.9 Å². The lowest BCUT2D eigenvalue weighted by molar-refractivity contribution is 0.0697. The van der Waals surface area contributed by atoms with E-state index in [0.717, 1.165) is 16.9 Å². The Morgan fingerprint density at radius 3 is 2.83 bits per heavy atom. The maximum absolute atomic E-state index is 11.3. The van der Waals surface area contributed by atoms with Gasteiger partial charge in [0.1, 0.15) is 11.3 Å². The molecule has 0 spiro atoms. The van der Waals surface area contributed by atoms with Gasteiger partial charge in [0.25, 0.3) is 0 Å². The van der Waals surface area contributed by atoms with Gasteiger partial charge in [-0.1, -0.05) is 6.92 Å². The highest BCUT2D eigenvalue weighted by atomic mass is 32.1. The number of aromatic carboxylic acids is 1. The van der Waals surface area contributed by atoms with Crippen molar-refractivity contribution >= 4 is 17.3 Å². The predicted octanol–water partition coefficient (Wildman–Crippen LogP) is 3.59. The van der Waals surface area contributed by atoms with Crippen molar-refractivity contribution in [2.24, 2.45) is 0 Å². The van der Waals surface area contributed by atoms with Crippen LogP contribution in [0.1, 0.15) is 42.2 Å². The Morgan fingerprint density at radius 2 is 2.33 bits per heavy atom. The van der Waals surface area contributed by atoms with Crippen molar-refractivity contribution in [1.82, 2.24) is 9.78 Å². The molecule has 0 saturated heterocycles. The summed E-state index contributed by atoms with van der Waals surface area (Å²) in [5, 5.41) is 15.7. The number of hydrogen-bond acceptors (Lipinski definition) is 3. The van der Waals surface area contributed by atoms with Crippen molar-refractivity contribution in [2.45, 2.75) is 33.2 Å². The lowest BCUT2D eigenvalue weighted by Crippen LogP contribution is -2.04. The largest absolute Gasteiger partial charge is 0.478 e. The Morgan fingerprint density at radius 1 is 1.61 bits per heavy atom. The van der Waals surface area contributed by atoms with Crippen molar-refractivity contribution in [3.8, 4) is 10.6 Å². The Bertz CT molecular complexity index is 571. The van der Waals surface area contributed by atoms with Crippen molar-refractivity contribution < 1.29 is 9.90 Å². The second-order valence-corrected chi connectivity index (χ2v) is 5.28. The maximum Gasteiger partial charge on any atom is 0.339 e. The highest BCUT2D eigenvalue weighted by Crippen LogP contribution is 2.31. The van der Waals surface area contributed by atoms with Crippen LogP contribution in [0.25, 0.3) is 10.6 Å². The average molecular weight is 264 g/mol. The quantitative estimate of drug-likeness (QED) is 0.918. The van der Waals surface area contributed by atoms with Gasteiger partial charge in [-0.15, -0.1) is 11.3 Å². The minimum absolute atomic E-state index is 0.206. The topological polar surface area (TPSA) is 55.1 Å². The Labute approximate surface area is 110 Å². The molecule has 2 rings (SSSR count). The first-order chi connectivity index (χ1) is 8.54. The van der Waals surface area contributed by atoms with E-state index in [2.05, 4.69) is 12.0 Å². The Balaban J connectivity index is 2.55. The van der Waals surface area contributed by atoms with E-state index in [1.165, 1.54) is 11.3 Å². The van der Waals surface area contributed by atoms with Gasteiger partial charge >= 0.3 is 5.97 Å². The number of carboxylic acid groups (broad SMARTS) is 1. The molecule has 0 bridgehead atoms. The Hall–Kier alpha value is -1.62. The molecule has 0 aliphatic rings. The second kappa shape index (κ2) is 4.94. The molecule has 2 aromatic rings. The first-order valence-electron chi connectivity index (χ1n) is 5.91. The summed E-state index contributed by atoms with van der Waals surface area (Å²) < 4.78 is 1.75. The Kier molecular flexibility index (Phi) is 3.52. The fraction of sp³-hybridized carbons (Fsp3) is 0.385. The van der Waals surface area contributed by atoms with Gasteiger partial charge in [-0.2, -0.15) is 5.10 Å². The molecule has 96 valence electrons. The van der Waals surface area contributed by atoms with Crippen LogP contribution < -0.4 is 0 Å². The summed E-state index contributed by atoms with van der Waals surface area (Å²) in [7, 11) is 0. The van der Waals surface area contributed by atoms with Crippen LogP contribution in [0.15, 0.2) is 17.6 Å². The van der Waals surface area contributed by atoms with E-state index in [1.807, 2.05) is 25.3 Å². The van der Waals surface area contributed by atoms with Crippen LogP contribution in [0, 0.1) is 6.92 Å². The van der Waals surface area contributed by atoms with Crippen molar-refractivity contribution in [3.05, 3.63) is 28.8 Å². The smallest absolute Gasteiger partial charge is 0.339 e. The van der Waals surface area contributed by atoms with Crippen LogP contribution in [0.2, 0.25) is 0 Å². The zero-order valence-corrected chi connectivity index (χ0v) is 11.5. The molecule has 0 amide bonds. The number of carbonyl (C=O) groups is 1. The SMILES string of the molecule is CCC(C)n1cc(C(=O)O)c(-c2sccc2C)n1. The maximum atomic E-state index is 11.3. The minimum atomic E-state index is -0.924. The van der Waals surface area contributed by atoms with Gasteiger partial charge in [0, 0.05) is 12.2 Å². The lowest BCUT2D eigenvalue weighted by atomic mass is 10.1. The molecule has 0 aliphatic heterocycles. The van der Waals surface area contributed by atoms with Crippen LogP contribution in [0.4, 0.5) is 0 Å². The molecule has 0 aliphatic carbocycles. The van der Waals surface area contributed by atoms with Gasteiger partial charge < -0.3 is 5.11 Å². The van der Waals surface area contributed by atoms with E-state index in [-0.39, 0.29) is 11.6 Å². The number of carboxylic acids is 1. The zero-order valence-electron chi connectivity index (χ0n) is 10.7. The summed E-state index contributed by atoms with van der Waals surface area (Å²) in [6.45, 7) is 6.06. The number of aromatic nitrogens is 2. The number of hydrogen-bond donors (Lipinski definition) is 1. The van der Waals surface area contributed by atoms with Crippen LogP contribution >= 0.6 is 11.3 Å². The number of nitrogens with zero attached hydrogens (tertiary/aromatic N) is 2. The molecular weight excluding hydrogens is 248 g/mol. The van der Waals surface area contributed by atoms with Gasteiger partial charge in [-0.3, -0.25) is 4.68 Å². The summed E-state index contributed by atoms with van der Waals surface area (Å²) in [6, 6.07) is 2.19. The highest BCUT2D eigenvalue weighted by molar-refractivity contribution is 7.13. The van der Waals surface area contributed by atoms with E-state index >= 15 is 0 Å². The molecular formula is C13H16N2O2S. The third kappa shape index (κ3) is 2.18. The number of thiophene rings is 1. The second-order valence-electron chi connectivity index (χ2n) is 4.37.